The summed E-state index contributed by atoms with van der Waals surface area (Å²) in [6, 6.07) is -0.190. The SMILES string of the molecule is C=C(C)[C@@H]1OCC[C@H]1CNC(=O)N1CCC(C)(C)S(=O)(=O)CC1. The molecule has 0 aliphatic carbocycles. The van der Waals surface area contributed by atoms with Crippen molar-refractivity contribution in [1.29, 1.82) is 0 Å². The van der Waals surface area contributed by atoms with Gasteiger partial charge in [0.2, 0.25) is 0 Å². The number of carbonyl (C=O) groups is 1. The first kappa shape index (κ1) is 18.3. The van der Waals surface area contributed by atoms with Crippen LogP contribution < -0.4 is 5.32 Å². The Morgan fingerprint density at radius 2 is 2.09 bits per heavy atom. The highest BCUT2D eigenvalue weighted by Crippen LogP contribution is 2.26. The Morgan fingerprint density at radius 3 is 2.74 bits per heavy atom. The highest BCUT2D eigenvalue weighted by atomic mass is 32.2. The summed E-state index contributed by atoms with van der Waals surface area (Å²) in [6.45, 7) is 11.3. The summed E-state index contributed by atoms with van der Waals surface area (Å²) in [6.07, 6.45) is 1.36. The van der Waals surface area contributed by atoms with Crippen LogP contribution in [0, 0.1) is 5.92 Å². The molecule has 23 heavy (non-hydrogen) atoms. The van der Waals surface area contributed by atoms with Gasteiger partial charge in [-0.2, -0.15) is 0 Å². The van der Waals surface area contributed by atoms with Gasteiger partial charge in [0.15, 0.2) is 9.84 Å². The Balaban J connectivity index is 1.90. The van der Waals surface area contributed by atoms with Gasteiger partial charge in [0, 0.05) is 32.2 Å². The Labute approximate surface area is 139 Å². The van der Waals surface area contributed by atoms with Crippen molar-refractivity contribution in [2.24, 2.45) is 5.92 Å². The third-order valence-corrected chi connectivity index (χ3v) is 7.57. The fourth-order valence-electron chi connectivity index (χ4n) is 3.10. The molecular weight excluding hydrogens is 316 g/mol. The highest BCUT2D eigenvalue weighted by molar-refractivity contribution is 7.92. The van der Waals surface area contributed by atoms with Crippen LogP contribution in [-0.4, -0.2) is 62.2 Å². The van der Waals surface area contributed by atoms with E-state index in [0.717, 1.165) is 12.0 Å². The minimum absolute atomic E-state index is 0.00116. The van der Waals surface area contributed by atoms with Gasteiger partial charge in [-0.15, -0.1) is 0 Å². The van der Waals surface area contributed by atoms with Crippen molar-refractivity contribution in [3.8, 4) is 0 Å². The van der Waals surface area contributed by atoms with Gasteiger partial charge in [-0.25, -0.2) is 13.2 Å². The zero-order valence-corrected chi connectivity index (χ0v) is 15.1. The Morgan fingerprint density at radius 1 is 1.39 bits per heavy atom. The fourth-order valence-corrected chi connectivity index (χ4v) is 4.51. The summed E-state index contributed by atoms with van der Waals surface area (Å²) in [7, 11) is -3.17. The Hall–Kier alpha value is -1.08. The molecule has 0 saturated carbocycles. The summed E-state index contributed by atoms with van der Waals surface area (Å²) in [5.74, 6) is 0.262. The van der Waals surface area contributed by atoms with Gasteiger partial charge in [-0.05, 0) is 33.6 Å². The van der Waals surface area contributed by atoms with Gasteiger partial charge in [0.25, 0.3) is 0 Å². The summed E-state index contributed by atoms with van der Waals surface area (Å²) in [5, 5.41) is 2.93. The zero-order chi connectivity index (χ0) is 17.3. The lowest BCUT2D eigenvalue weighted by molar-refractivity contribution is 0.118. The van der Waals surface area contributed by atoms with E-state index in [4.69, 9.17) is 4.74 Å². The molecule has 2 amide bonds. The smallest absolute Gasteiger partial charge is 0.317 e. The molecule has 0 unspecified atom stereocenters. The van der Waals surface area contributed by atoms with Crippen LogP contribution in [0.4, 0.5) is 4.79 Å². The molecule has 2 saturated heterocycles. The predicted molar refractivity (Wildman–Crippen MR) is 90.1 cm³/mol. The number of amides is 2. The Bertz CT molecular complexity index is 571. The van der Waals surface area contributed by atoms with Crippen LogP contribution in [0.15, 0.2) is 12.2 Å². The monoisotopic (exact) mass is 344 g/mol. The molecule has 0 spiro atoms. The molecule has 0 aromatic heterocycles. The summed E-state index contributed by atoms with van der Waals surface area (Å²) in [4.78, 5) is 14.0. The second-order valence-corrected chi connectivity index (χ2v) is 9.93. The van der Waals surface area contributed by atoms with Crippen molar-refractivity contribution in [3.05, 3.63) is 12.2 Å². The van der Waals surface area contributed by atoms with E-state index in [2.05, 4.69) is 11.9 Å². The minimum atomic E-state index is -3.17. The number of nitrogens with zero attached hydrogens (tertiary/aromatic N) is 1. The van der Waals surface area contributed by atoms with Gasteiger partial charge >= 0.3 is 6.03 Å². The lowest BCUT2D eigenvalue weighted by atomic mass is 9.97. The first-order valence-electron chi connectivity index (χ1n) is 8.16. The first-order valence-corrected chi connectivity index (χ1v) is 9.81. The van der Waals surface area contributed by atoms with E-state index in [-0.39, 0.29) is 30.4 Å². The number of ether oxygens (including phenoxy) is 1. The summed E-state index contributed by atoms with van der Waals surface area (Å²) < 4.78 is 29.2. The molecule has 2 fully saturated rings. The molecule has 2 aliphatic rings. The molecule has 2 aliphatic heterocycles. The van der Waals surface area contributed by atoms with Gasteiger partial charge in [0.1, 0.15) is 0 Å². The summed E-state index contributed by atoms with van der Waals surface area (Å²) >= 11 is 0. The molecule has 0 aromatic carbocycles. The van der Waals surface area contributed by atoms with Crippen molar-refractivity contribution in [2.75, 3.05) is 32.0 Å². The zero-order valence-electron chi connectivity index (χ0n) is 14.3. The normalized spacial score (nSPS) is 29.8. The lowest BCUT2D eigenvalue weighted by Gasteiger charge is -2.24. The molecule has 7 heteroatoms. The molecule has 2 rings (SSSR count). The molecular formula is C16H28N2O4S. The standard InChI is InChI=1S/C16H28N2O4S/c1-12(2)14-13(5-9-22-14)11-17-15(19)18-7-6-16(3,4)23(20,21)10-8-18/h13-14H,1,5-11H2,2-4H3,(H,17,19)/t13-,14-/m0/s1. The van der Waals surface area contributed by atoms with Crippen LogP contribution >= 0.6 is 0 Å². The molecule has 1 N–H and O–H groups in total. The average molecular weight is 344 g/mol. The van der Waals surface area contributed by atoms with Gasteiger partial charge in [0.05, 0.1) is 16.6 Å². The van der Waals surface area contributed by atoms with Gasteiger partial charge in [-0.1, -0.05) is 12.2 Å². The number of carbonyl (C=O) groups excluding carboxylic acids is 1. The van der Waals surface area contributed by atoms with E-state index in [1.807, 2.05) is 6.92 Å². The second kappa shape index (κ2) is 6.81. The van der Waals surface area contributed by atoms with Crippen molar-refractivity contribution in [3.63, 3.8) is 0 Å². The van der Waals surface area contributed by atoms with Crippen molar-refractivity contribution in [2.45, 2.75) is 44.5 Å². The van der Waals surface area contributed by atoms with E-state index in [9.17, 15) is 13.2 Å². The third-order valence-electron chi connectivity index (χ3n) is 4.96. The number of hydrogen-bond donors (Lipinski definition) is 1. The van der Waals surface area contributed by atoms with Crippen LogP contribution in [0.3, 0.4) is 0 Å². The molecule has 0 aromatic rings. The quantitative estimate of drug-likeness (QED) is 0.789. The largest absolute Gasteiger partial charge is 0.374 e. The van der Waals surface area contributed by atoms with E-state index in [1.54, 1.807) is 18.7 Å². The van der Waals surface area contributed by atoms with Crippen LogP contribution in [0.2, 0.25) is 0 Å². The van der Waals surface area contributed by atoms with E-state index in [1.165, 1.54) is 0 Å². The number of rotatable bonds is 3. The number of nitrogens with one attached hydrogen (secondary N) is 1. The topological polar surface area (TPSA) is 75.7 Å². The molecule has 0 bridgehead atoms. The molecule has 2 atom stereocenters. The molecule has 0 radical (unpaired) electrons. The molecule has 132 valence electrons. The van der Waals surface area contributed by atoms with Crippen LogP contribution in [0.25, 0.3) is 0 Å². The van der Waals surface area contributed by atoms with Gasteiger partial charge < -0.3 is 15.0 Å². The van der Waals surface area contributed by atoms with Gasteiger partial charge in [-0.3, -0.25) is 0 Å². The number of sulfone groups is 1. The van der Waals surface area contributed by atoms with Crippen LogP contribution in [0.1, 0.15) is 33.6 Å². The van der Waals surface area contributed by atoms with E-state index >= 15 is 0 Å². The maximum Gasteiger partial charge on any atom is 0.317 e. The molecule has 2 heterocycles. The van der Waals surface area contributed by atoms with Crippen molar-refractivity contribution < 1.29 is 17.9 Å². The van der Waals surface area contributed by atoms with Crippen LogP contribution in [-0.2, 0) is 14.6 Å². The summed E-state index contributed by atoms with van der Waals surface area (Å²) in [5.41, 5.74) is 0.976. The maximum atomic E-state index is 12.4. The van der Waals surface area contributed by atoms with E-state index in [0.29, 0.717) is 26.1 Å². The fraction of sp³-hybridized carbons (Fsp3) is 0.812. The minimum Gasteiger partial charge on any atom is -0.374 e. The van der Waals surface area contributed by atoms with Crippen LogP contribution in [0.5, 0.6) is 0 Å². The predicted octanol–water partition coefficient (Wildman–Crippen LogP) is 1.58. The number of hydrogen-bond acceptors (Lipinski definition) is 4. The lowest BCUT2D eigenvalue weighted by Crippen LogP contribution is -2.44. The first-order chi connectivity index (χ1) is 10.6. The van der Waals surface area contributed by atoms with E-state index < -0.39 is 14.6 Å². The van der Waals surface area contributed by atoms with Crippen molar-refractivity contribution in [1.82, 2.24) is 10.2 Å². The third kappa shape index (κ3) is 4.07. The van der Waals surface area contributed by atoms with Crippen molar-refractivity contribution >= 4 is 15.9 Å². The maximum absolute atomic E-state index is 12.4. The number of urea groups is 1. The molecule has 6 nitrogen and oxygen atoms in total. The second-order valence-electron chi connectivity index (χ2n) is 7.19. The highest BCUT2D eigenvalue weighted by Gasteiger charge is 2.38. The average Bonchev–Trinajstić information content (AvgIpc) is 2.89. The Kier molecular flexibility index (Phi) is 5.41.